The number of hydrazone groups is 1. The van der Waals surface area contributed by atoms with Gasteiger partial charge in [-0.3, -0.25) is 14.8 Å². The lowest BCUT2D eigenvalue weighted by atomic mass is 10.1. The van der Waals surface area contributed by atoms with Crippen molar-refractivity contribution >= 4 is 55.1 Å². The number of hydrogen-bond donors (Lipinski definition) is 1. The van der Waals surface area contributed by atoms with Crippen LogP contribution in [0.1, 0.15) is 11.1 Å². The number of thioether (sulfide) groups is 2. The smallest absolute Gasteiger partial charge is 0.288 e. The fourth-order valence-electron chi connectivity index (χ4n) is 2.58. The SMILES string of the molecule is C=CCS/C(=N\Nc1c(C)cccc1C)SCn1c(=O)sc2ccccc21. The normalized spacial score (nSPS) is 11.7. The Labute approximate surface area is 171 Å². The number of aryl methyl sites for hydroxylation is 2. The Morgan fingerprint density at radius 3 is 2.67 bits per heavy atom. The predicted molar refractivity (Wildman–Crippen MR) is 123 cm³/mol. The van der Waals surface area contributed by atoms with Gasteiger partial charge in [-0.25, -0.2) is 0 Å². The highest BCUT2D eigenvalue weighted by Crippen LogP contribution is 2.25. The molecule has 0 radical (unpaired) electrons. The second kappa shape index (κ2) is 9.30. The molecule has 4 nitrogen and oxygen atoms in total. The molecule has 0 amide bonds. The maximum Gasteiger partial charge on any atom is 0.308 e. The van der Waals surface area contributed by atoms with Gasteiger partial charge in [-0.15, -0.1) is 6.58 Å². The zero-order valence-corrected chi connectivity index (χ0v) is 17.7. The van der Waals surface area contributed by atoms with Crippen molar-refractivity contribution in [3.05, 3.63) is 75.9 Å². The fourth-order valence-corrected chi connectivity index (χ4v) is 5.23. The molecule has 0 aliphatic heterocycles. The van der Waals surface area contributed by atoms with Crippen LogP contribution >= 0.6 is 34.9 Å². The third-order valence-electron chi connectivity index (χ3n) is 3.96. The molecular formula is C20H21N3OS3. The molecule has 1 N–H and O–H groups in total. The molecule has 7 heteroatoms. The van der Waals surface area contributed by atoms with Crippen molar-refractivity contribution in [3.63, 3.8) is 0 Å². The number of nitrogens with zero attached hydrogens (tertiary/aromatic N) is 2. The molecule has 3 rings (SSSR count). The molecule has 0 atom stereocenters. The molecule has 0 fully saturated rings. The number of nitrogens with one attached hydrogen (secondary N) is 1. The fraction of sp³-hybridized carbons (Fsp3) is 0.200. The van der Waals surface area contributed by atoms with Crippen LogP contribution in [0.15, 0.2) is 65.0 Å². The average Bonchev–Trinajstić information content (AvgIpc) is 2.98. The summed E-state index contributed by atoms with van der Waals surface area (Å²) in [5.74, 6) is 1.29. The zero-order chi connectivity index (χ0) is 19.2. The number of anilines is 1. The maximum atomic E-state index is 12.3. The molecule has 1 heterocycles. The summed E-state index contributed by atoms with van der Waals surface area (Å²) in [6.45, 7) is 7.91. The molecule has 0 saturated carbocycles. The first-order valence-corrected chi connectivity index (χ1v) is 11.2. The van der Waals surface area contributed by atoms with Crippen molar-refractivity contribution in [1.29, 1.82) is 0 Å². The molecule has 3 aromatic rings. The number of fused-ring (bicyclic) bond motifs is 1. The lowest BCUT2D eigenvalue weighted by molar-refractivity contribution is 0.917. The van der Waals surface area contributed by atoms with Crippen LogP contribution in [0.4, 0.5) is 5.69 Å². The monoisotopic (exact) mass is 415 g/mol. The van der Waals surface area contributed by atoms with Gasteiger partial charge in [-0.05, 0) is 37.1 Å². The van der Waals surface area contributed by atoms with Gasteiger partial charge in [-0.1, -0.05) is 71.3 Å². The summed E-state index contributed by atoms with van der Waals surface area (Å²) < 4.78 is 3.68. The summed E-state index contributed by atoms with van der Waals surface area (Å²) >= 11 is 4.44. The van der Waals surface area contributed by atoms with Gasteiger partial charge in [0.2, 0.25) is 0 Å². The number of aromatic nitrogens is 1. The number of para-hydroxylation sites is 2. The van der Waals surface area contributed by atoms with Crippen LogP contribution in [0.3, 0.4) is 0 Å². The van der Waals surface area contributed by atoms with Crippen LogP contribution in [0.2, 0.25) is 0 Å². The van der Waals surface area contributed by atoms with E-state index in [9.17, 15) is 4.79 Å². The topological polar surface area (TPSA) is 46.4 Å². The van der Waals surface area contributed by atoms with Crippen LogP contribution in [-0.4, -0.2) is 14.7 Å². The zero-order valence-electron chi connectivity index (χ0n) is 15.3. The van der Waals surface area contributed by atoms with Crippen molar-refractivity contribution in [2.45, 2.75) is 19.7 Å². The predicted octanol–water partition coefficient (Wildman–Crippen LogP) is 5.67. The van der Waals surface area contributed by atoms with Gasteiger partial charge in [0.25, 0.3) is 0 Å². The van der Waals surface area contributed by atoms with E-state index in [0.717, 1.165) is 37.2 Å². The summed E-state index contributed by atoms with van der Waals surface area (Å²) in [5, 5.41) is 4.60. The molecule has 0 bridgehead atoms. The standard InChI is InChI=1S/C20H21N3OS3/c1-4-12-25-19(22-21-18-14(2)8-7-9-15(18)3)26-13-23-16-10-5-6-11-17(16)27-20(23)24/h4-11,21H,1,12-13H2,2-3H3/b22-19+. The highest BCUT2D eigenvalue weighted by molar-refractivity contribution is 8.38. The van der Waals surface area contributed by atoms with E-state index in [1.54, 1.807) is 28.1 Å². The van der Waals surface area contributed by atoms with E-state index in [4.69, 9.17) is 0 Å². The van der Waals surface area contributed by atoms with Crippen LogP contribution in [-0.2, 0) is 5.88 Å². The van der Waals surface area contributed by atoms with Gasteiger partial charge < -0.3 is 0 Å². The van der Waals surface area contributed by atoms with Crippen molar-refractivity contribution in [1.82, 2.24) is 4.57 Å². The molecular weight excluding hydrogens is 394 g/mol. The Morgan fingerprint density at radius 2 is 1.93 bits per heavy atom. The summed E-state index contributed by atoms with van der Waals surface area (Å²) in [5.41, 5.74) is 7.49. The number of benzene rings is 2. The Bertz CT molecular complexity index is 1020. The summed E-state index contributed by atoms with van der Waals surface area (Å²) in [7, 11) is 0. The van der Waals surface area contributed by atoms with Crippen LogP contribution in [0.25, 0.3) is 10.2 Å². The van der Waals surface area contributed by atoms with Crippen molar-refractivity contribution in [2.75, 3.05) is 11.2 Å². The van der Waals surface area contributed by atoms with Gasteiger partial charge in [0, 0.05) is 5.75 Å². The van der Waals surface area contributed by atoms with Gasteiger partial charge in [0.05, 0.1) is 21.8 Å². The molecule has 27 heavy (non-hydrogen) atoms. The van der Waals surface area contributed by atoms with Gasteiger partial charge >= 0.3 is 4.87 Å². The lowest BCUT2D eigenvalue weighted by Crippen LogP contribution is -2.12. The van der Waals surface area contributed by atoms with E-state index in [-0.39, 0.29) is 4.87 Å². The summed E-state index contributed by atoms with van der Waals surface area (Å²) in [6.07, 6.45) is 1.85. The minimum atomic E-state index is 0.0551. The molecule has 1 aromatic heterocycles. The Balaban J connectivity index is 1.79. The molecule has 2 aromatic carbocycles. The van der Waals surface area contributed by atoms with Crippen LogP contribution < -0.4 is 10.3 Å². The van der Waals surface area contributed by atoms with Gasteiger partial charge in [0.1, 0.15) is 0 Å². The number of rotatable bonds is 6. The molecule has 0 spiro atoms. The Morgan fingerprint density at radius 1 is 1.19 bits per heavy atom. The van der Waals surface area contributed by atoms with E-state index in [1.807, 2.05) is 36.4 Å². The van der Waals surface area contributed by atoms with Crippen molar-refractivity contribution in [3.8, 4) is 0 Å². The van der Waals surface area contributed by atoms with Crippen molar-refractivity contribution in [2.24, 2.45) is 5.10 Å². The van der Waals surface area contributed by atoms with Crippen LogP contribution in [0, 0.1) is 13.8 Å². The van der Waals surface area contributed by atoms with E-state index in [0.29, 0.717) is 5.88 Å². The van der Waals surface area contributed by atoms with E-state index in [2.05, 4.69) is 43.1 Å². The number of thiazole rings is 1. The molecule has 140 valence electrons. The molecule has 0 unspecified atom stereocenters. The quantitative estimate of drug-likeness (QED) is 0.244. The Hall–Kier alpha value is -1.96. The minimum Gasteiger partial charge on any atom is -0.288 e. The average molecular weight is 416 g/mol. The third-order valence-corrected chi connectivity index (χ3v) is 7.09. The lowest BCUT2D eigenvalue weighted by Gasteiger charge is -2.11. The second-order valence-electron chi connectivity index (χ2n) is 5.89. The summed E-state index contributed by atoms with van der Waals surface area (Å²) in [4.78, 5) is 12.4. The molecule has 0 saturated heterocycles. The number of hydrogen-bond acceptors (Lipinski definition) is 6. The van der Waals surface area contributed by atoms with E-state index in [1.165, 1.54) is 11.3 Å². The highest BCUT2D eigenvalue weighted by atomic mass is 32.2. The van der Waals surface area contributed by atoms with Gasteiger partial charge in [0.15, 0.2) is 4.38 Å². The van der Waals surface area contributed by atoms with E-state index >= 15 is 0 Å². The van der Waals surface area contributed by atoms with Crippen LogP contribution in [0.5, 0.6) is 0 Å². The maximum absolute atomic E-state index is 12.3. The minimum absolute atomic E-state index is 0.0551. The largest absolute Gasteiger partial charge is 0.308 e. The first-order valence-electron chi connectivity index (χ1n) is 8.45. The second-order valence-corrected chi connectivity index (χ2v) is 9.09. The Kier molecular flexibility index (Phi) is 6.82. The highest BCUT2D eigenvalue weighted by Gasteiger charge is 2.09. The van der Waals surface area contributed by atoms with E-state index < -0.39 is 0 Å². The molecule has 0 aliphatic rings. The first-order chi connectivity index (χ1) is 13.1. The third kappa shape index (κ3) is 4.86. The first kappa shape index (κ1) is 19.8. The van der Waals surface area contributed by atoms with Gasteiger partial charge in [-0.2, -0.15) is 5.10 Å². The molecule has 0 aliphatic carbocycles. The summed E-state index contributed by atoms with van der Waals surface area (Å²) in [6, 6.07) is 14.0. The van der Waals surface area contributed by atoms with Crippen molar-refractivity contribution < 1.29 is 0 Å².